The molecule has 1 aliphatic rings. The van der Waals surface area contributed by atoms with E-state index in [0.29, 0.717) is 6.54 Å². The van der Waals surface area contributed by atoms with Crippen LogP contribution in [0, 0.1) is 0 Å². The van der Waals surface area contributed by atoms with E-state index in [1.807, 2.05) is 19.1 Å². The Morgan fingerprint density at radius 2 is 2.29 bits per heavy atom. The van der Waals surface area contributed by atoms with Crippen LogP contribution in [-0.2, 0) is 12.0 Å². The monoisotopic (exact) mass is 235 g/mol. The van der Waals surface area contributed by atoms with Crippen LogP contribution in [0.4, 0.5) is 0 Å². The molecule has 0 saturated carbocycles. The second-order valence-electron chi connectivity index (χ2n) is 4.87. The van der Waals surface area contributed by atoms with Crippen molar-refractivity contribution in [2.75, 3.05) is 19.7 Å². The molecule has 2 rings (SSSR count). The lowest BCUT2D eigenvalue weighted by atomic mass is 9.93. The van der Waals surface area contributed by atoms with Gasteiger partial charge < -0.3 is 15.2 Å². The zero-order valence-corrected chi connectivity index (χ0v) is 10.6. The third kappa shape index (κ3) is 2.79. The number of fused-ring (bicyclic) bond motifs is 1. The molecule has 1 aromatic rings. The molecule has 3 nitrogen and oxygen atoms in total. The average molecular weight is 235 g/mol. The number of ether oxygens (including phenoxy) is 1. The summed E-state index contributed by atoms with van der Waals surface area (Å²) in [5, 5.41) is 13.7. The van der Waals surface area contributed by atoms with E-state index in [2.05, 4.69) is 18.3 Å². The lowest BCUT2D eigenvalue weighted by Gasteiger charge is -2.24. The van der Waals surface area contributed by atoms with Crippen LogP contribution in [0.2, 0.25) is 0 Å². The highest BCUT2D eigenvalue weighted by molar-refractivity contribution is 5.41. The van der Waals surface area contributed by atoms with Gasteiger partial charge in [-0.15, -0.1) is 0 Å². The van der Waals surface area contributed by atoms with E-state index in [1.54, 1.807) is 0 Å². The van der Waals surface area contributed by atoms with Gasteiger partial charge in [-0.2, -0.15) is 0 Å². The van der Waals surface area contributed by atoms with Gasteiger partial charge in [0.2, 0.25) is 0 Å². The Balaban J connectivity index is 2.10. The molecule has 17 heavy (non-hydrogen) atoms. The number of nitrogens with one attached hydrogen (secondary N) is 1. The molecule has 0 aliphatic carbocycles. The normalized spacial score (nSPS) is 17.4. The van der Waals surface area contributed by atoms with Crippen LogP contribution in [-0.4, -0.2) is 24.8 Å². The van der Waals surface area contributed by atoms with Crippen molar-refractivity contribution in [1.82, 2.24) is 5.32 Å². The Labute approximate surface area is 103 Å². The van der Waals surface area contributed by atoms with Gasteiger partial charge in [0, 0.05) is 13.0 Å². The first-order valence-electron chi connectivity index (χ1n) is 6.33. The molecule has 0 aromatic heterocycles. The van der Waals surface area contributed by atoms with E-state index in [0.717, 1.165) is 37.3 Å². The van der Waals surface area contributed by atoms with E-state index in [4.69, 9.17) is 4.74 Å². The molecule has 1 unspecified atom stereocenters. The maximum atomic E-state index is 10.4. The smallest absolute Gasteiger partial charge is 0.122 e. The zero-order valence-electron chi connectivity index (χ0n) is 10.6. The Kier molecular flexibility index (Phi) is 3.69. The molecule has 1 heterocycles. The van der Waals surface area contributed by atoms with Gasteiger partial charge in [0.05, 0.1) is 12.2 Å². The fraction of sp³-hybridized carbons (Fsp3) is 0.571. The van der Waals surface area contributed by atoms with Crippen molar-refractivity contribution in [3.05, 3.63) is 29.3 Å². The van der Waals surface area contributed by atoms with E-state index in [-0.39, 0.29) is 0 Å². The Hall–Kier alpha value is -1.06. The van der Waals surface area contributed by atoms with Crippen LogP contribution >= 0.6 is 0 Å². The maximum Gasteiger partial charge on any atom is 0.122 e. The molecule has 3 heteroatoms. The first-order chi connectivity index (χ1) is 8.13. The highest BCUT2D eigenvalue weighted by atomic mass is 16.5. The maximum absolute atomic E-state index is 10.4. The molecule has 2 N–H and O–H groups in total. The van der Waals surface area contributed by atoms with Crippen LogP contribution < -0.4 is 10.1 Å². The van der Waals surface area contributed by atoms with Crippen molar-refractivity contribution in [3.63, 3.8) is 0 Å². The van der Waals surface area contributed by atoms with Crippen molar-refractivity contribution >= 4 is 0 Å². The molecule has 1 atom stereocenters. The summed E-state index contributed by atoms with van der Waals surface area (Å²) < 4.78 is 5.47. The summed E-state index contributed by atoms with van der Waals surface area (Å²) in [6, 6.07) is 5.99. The SMILES string of the molecule is CCCNCC(C)(O)c1ccc2c(c1)CCO2. The van der Waals surface area contributed by atoms with Gasteiger partial charge in [0.15, 0.2) is 0 Å². The minimum Gasteiger partial charge on any atom is -0.493 e. The second kappa shape index (κ2) is 5.07. The minimum absolute atomic E-state index is 0.584. The first-order valence-corrected chi connectivity index (χ1v) is 6.33. The average Bonchev–Trinajstić information content (AvgIpc) is 2.76. The molecule has 1 aliphatic heterocycles. The van der Waals surface area contributed by atoms with Gasteiger partial charge in [-0.05, 0) is 43.1 Å². The quantitative estimate of drug-likeness (QED) is 0.765. The van der Waals surface area contributed by atoms with E-state index < -0.39 is 5.60 Å². The van der Waals surface area contributed by atoms with Gasteiger partial charge in [-0.1, -0.05) is 13.0 Å². The molecule has 0 fully saturated rings. The molecule has 1 aromatic carbocycles. The molecule has 0 amide bonds. The number of hydrogen-bond donors (Lipinski definition) is 2. The molecule has 0 spiro atoms. The van der Waals surface area contributed by atoms with Gasteiger partial charge in [0.25, 0.3) is 0 Å². The summed E-state index contributed by atoms with van der Waals surface area (Å²) in [6.07, 6.45) is 2.02. The van der Waals surface area contributed by atoms with E-state index in [1.165, 1.54) is 5.56 Å². The molecular weight excluding hydrogens is 214 g/mol. The third-order valence-corrected chi connectivity index (χ3v) is 3.21. The first kappa shape index (κ1) is 12.4. The fourth-order valence-electron chi connectivity index (χ4n) is 2.13. The Morgan fingerprint density at radius 3 is 3.06 bits per heavy atom. The standard InChI is InChI=1S/C14H21NO2/c1-3-7-15-10-14(2,16)12-4-5-13-11(9-12)6-8-17-13/h4-5,9,15-16H,3,6-8,10H2,1-2H3. The summed E-state index contributed by atoms with van der Waals surface area (Å²) in [5.74, 6) is 0.964. The summed E-state index contributed by atoms with van der Waals surface area (Å²) in [6.45, 7) is 6.25. The van der Waals surface area contributed by atoms with Crippen LogP contribution in [0.15, 0.2) is 18.2 Å². The van der Waals surface area contributed by atoms with Crippen LogP contribution in [0.1, 0.15) is 31.4 Å². The molecule has 0 radical (unpaired) electrons. The summed E-state index contributed by atoms with van der Waals surface area (Å²) in [5.41, 5.74) is 1.36. The molecular formula is C14H21NO2. The van der Waals surface area contributed by atoms with Gasteiger partial charge in [-0.25, -0.2) is 0 Å². The topological polar surface area (TPSA) is 41.5 Å². The van der Waals surface area contributed by atoms with E-state index >= 15 is 0 Å². The number of rotatable bonds is 5. The number of hydrogen-bond acceptors (Lipinski definition) is 3. The third-order valence-electron chi connectivity index (χ3n) is 3.21. The summed E-state index contributed by atoms with van der Waals surface area (Å²) in [4.78, 5) is 0. The van der Waals surface area contributed by atoms with Crippen molar-refractivity contribution in [2.45, 2.75) is 32.3 Å². The predicted molar refractivity (Wildman–Crippen MR) is 68.4 cm³/mol. The largest absolute Gasteiger partial charge is 0.493 e. The van der Waals surface area contributed by atoms with E-state index in [9.17, 15) is 5.11 Å². The van der Waals surface area contributed by atoms with Gasteiger partial charge >= 0.3 is 0 Å². The highest BCUT2D eigenvalue weighted by Gasteiger charge is 2.24. The van der Waals surface area contributed by atoms with Gasteiger partial charge in [0.1, 0.15) is 5.75 Å². The second-order valence-corrected chi connectivity index (χ2v) is 4.87. The fourth-order valence-corrected chi connectivity index (χ4v) is 2.13. The summed E-state index contributed by atoms with van der Waals surface area (Å²) >= 11 is 0. The molecule has 0 saturated heterocycles. The summed E-state index contributed by atoms with van der Waals surface area (Å²) in [7, 11) is 0. The minimum atomic E-state index is -0.813. The van der Waals surface area contributed by atoms with Gasteiger partial charge in [-0.3, -0.25) is 0 Å². The Morgan fingerprint density at radius 1 is 1.47 bits per heavy atom. The number of aliphatic hydroxyl groups is 1. The zero-order chi connectivity index (χ0) is 12.3. The van der Waals surface area contributed by atoms with Crippen molar-refractivity contribution < 1.29 is 9.84 Å². The number of benzene rings is 1. The van der Waals surface area contributed by atoms with Crippen molar-refractivity contribution in [1.29, 1.82) is 0 Å². The lowest BCUT2D eigenvalue weighted by molar-refractivity contribution is 0.0571. The lowest BCUT2D eigenvalue weighted by Crippen LogP contribution is -2.35. The van der Waals surface area contributed by atoms with Crippen molar-refractivity contribution in [3.8, 4) is 5.75 Å². The predicted octanol–water partition coefficient (Wildman–Crippen LogP) is 1.83. The van der Waals surface area contributed by atoms with Crippen LogP contribution in [0.5, 0.6) is 5.75 Å². The Bertz CT molecular complexity index is 388. The molecule has 0 bridgehead atoms. The van der Waals surface area contributed by atoms with Crippen molar-refractivity contribution in [2.24, 2.45) is 0 Å². The molecule has 94 valence electrons. The van der Waals surface area contributed by atoms with Crippen LogP contribution in [0.3, 0.4) is 0 Å². The highest BCUT2D eigenvalue weighted by Crippen LogP contribution is 2.30. The van der Waals surface area contributed by atoms with Crippen LogP contribution in [0.25, 0.3) is 0 Å².